The van der Waals surface area contributed by atoms with Crippen molar-refractivity contribution in [1.29, 1.82) is 0 Å². The second-order valence-corrected chi connectivity index (χ2v) is 8.31. The molecule has 0 radical (unpaired) electrons. The maximum atomic E-state index is 11.9. The summed E-state index contributed by atoms with van der Waals surface area (Å²) in [5, 5.41) is 7.04. The van der Waals surface area contributed by atoms with Crippen LogP contribution in [0.1, 0.15) is 25.7 Å². The van der Waals surface area contributed by atoms with E-state index in [1.807, 2.05) is 0 Å². The lowest BCUT2D eigenvalue weighted by molar-refractivity contribution is -0.171. The third kappa shape index (κ3) is 3.25. The SMILES string of the molecule is CSCCNC(=NCC(=O)N(C)C)NC1C2CCOC2C12CCC2. The van der Waals surface area contributed by atoms with Crippen LogP contribution in [-0.4, -0.2) is 74.7 Å². The van der Waals surface area contributed by atoms with Crippen molar-refractivity contribution in [2.45, 2.75) is 37.8 Å². The standard InChI is InChI=1S/C17H30N4O2S/c1-21(2)13(22)11-19-16(18-8-10-24-3)20-14-12-5-9-23-15(12)17(14)6-4-7-17/h12,14-15H,4-11H2,1-3H3,(H2,18,19,20). The molecule has 2 aliphatic carbocycles. The van der Waals surface area contributed by atoms with Gasteiger partial charge in [-0.25, -0.2) is 4.99 Å². The van der Waals surface area contributed by atoms with Gasteiger partial charge in [0.1, 0.15) is 6.54 Å². The molecule has 0 aromatic rings. The highest BCUT2D eigenvalue weighted by Gasteiger charge is 2.66. The Kier molecular flexibility index (Phi) is 5.59. The molecule has 3 fully saturated rings. The zero-order valence-corrected chi connectivity index (χ0v) is 15.8. The minimum absolute atomic E-state index is 0.0232. The van der Waals surface area contributed by atoms with E-state index in [4.69, 9.17) is 4.74 Å². The van der Waals surface area contributed by atoms with Crippen LogP contribution in [0.3, 0.4) is 0 Å². The summed E-state index contributed by atoms with van der Waals surface area (Å²) in [7, 11) is 3.53. The number of likely N-dealkylation sites (N-methyl/N-ethyl adjacent to an activating group) is 1. The third-order valence-electron chi connectivity index (χ3n) is 5.80. The lowest BCUT2D eigenvalue weighted by Gasteiger charge is -2.63. The van der Waals surface area contributed by atoms with Gasteiger partial charge >= 0.3 is 0 Å². The van der Waals surface area contributed by atoms with Crippen molar-refractivity contribution in [2.75, 3.05) is 45.8 Å². The highest BCUT2D eigenvalue weighted by atomic mass is 32.2. The van der Waals surface area contributed by atoms with Gasteiger partial charge in [0, 0.05) is 50.4 Å². The number of thioether (sulfide) groups is 1. The average Bonchev–Trinajstić information content (AvgIpc) is 2.92. The summed E-state index contributed by atoms with van der Waals surface area (Å²) in [5.41, 5.74) is 0.314. The Bertz CT molecular complexity index is 493. The molecule has 3 rings (SSSR count). The van der Waals surface area contributed by atoms with Crippen LogP contribution in [0.5, 0.6) is 0 Å². The summed E-state index contributed by atoms with van der Waals surface area (Å²) < 4.78 is 5.99. The fourth-order valence-electron chi connectivity index (χ4n) is 4.32. The van der Waals surface area contributed by atoms with E-state index < -0.39 is 0 Å². The summed E-state index contributed by atoms with van der Waals surface area (Å²) in [4.78, 5) is 18.0. The zero-order valence-electron chi connectivity index (χ0n) is 15.0. The molecule has 136 valence electrons. The van der Waals surface area contributed by atoms with E-state index in [1.165, 1.54) is 19.3 Å². The molecule has 1 aliphatic heterocycles. The lowest BCUT2D eigenvalue weighted by Crippen LogP contribution is -2.72. The second kappa shape index (κ2) is 7.52. The predicted molar refractivity (Wildman–Crippen MR) is 98.4 cm³/mol. The number of nitrogens with one attached hydrogen (secondary N) is 2. The van der Waals surface area contributed by atoms with Crippen molar-refractivity contribution in [3.8, 4) is 0 Å². The minimum atomic E-state index is 0.0232. The smallest absolute Gasteiger partial charge is 0.243 e. The molecule has 1 spiro atoms. The molecule has 1 amide bonds. The van der Waals surface area contributed by atoms with Crippen LogP contribution in [0.2, 0.25) is 0 Å². The number of ether oxygens (including phenoxy) is 1. The molecular weight excluding hydrogens is 324 g/mol. The molecular formula is C17H30N4O2S. The number of hydrogen-bond acceptors (Lipinski definition) is 4. The third-order valence-corrected chi connectivity index (χ3v) is 6.41. The van der Waals surface area contributed by atoms with Crippen LogP contribution < -0.4 is 10.6 Å². The van der Waals surface area contributed by atoms with E-state index in [1.54, 1.807) is 30.8 Å². The second-order valence-electron chi connectivity index (χ2n) is 7.33. The monoisotopic (exact) mass is 354 g/mol. The van der Waals surface area contributed by atoms with Crippen molar-refractivity contribution in [1.82, 2.24) is 15.5 Å². The van der Waals surface area contributed by atoms with Gasteiger partial charge in [-0.05, 0) is 25.5 Å². The maximum absolute atomic E-state index is 11.9. The molecule has 1 heterocycles. The number of guanidine groups is 1. The van der Waals surface area contributed by atoms with E-state index in [-0.39, 0.29) is 12.5 Å². The first-order valence-electron chi connectivity index (χ1n) is 8.94. The van der Waals surface area contributed by atoms with E-state index in [2.05, 4.69) is 21.9 Å². The topological polar surface area (TPSA) is 66.0 Å². The van der Waals surface area contributed by atoms with Gasteiger partial charge in [0.25, 0.3) is 0 Å². The molecule has 2 saturated carbocycles. The summed E-state index contributed by atoms with van der Waals surface area (Å²) in [5.74, 6) is 2.42. The zero-order chi connectivity index (χ0) is 17.2. The fourth-order valence-corrected chi connectivity index (χ4v) is 4.62. The Morgan fingerprint density at radius 3 is 2.83 bits per heavy atom. The first-order chi connectivity index (χ1) is 11.6. The van der Waals surface area contributed by atoms with Gasteiger partial charge in [-0.3, -0.25) is 4.79 Å². The van der Waals surface area contributed by atoms with E-state index in [9.17, 15) is 4.79 Å². The Morgan fingerprint density at radius 1 is 1.42 bits per heavy atom. The molecule has 3 atom stereocenters. The number of carbonyl (C=O) groups excluding carboxylic acids is 1. The van der Waals surface area contributed by atoms with Crippen molar-refractivity contribution < 1.29 is 9.53 Å². The molecule has 6 nitrogen and oxygen atoms in total. The van der Waals surface area contributed by atoms with Gasteiger partial charge in [0.2, 0.25) is 5.91 Å². The van der Waals surface area contributed by atoms with Crippen molar-refractivity contribution in [2.24, 2.45) is 16.3 Å². The fraction of sp³-hybridized carbons (Fsp3) is 0.882. The molecule has 7 heteroatoms. The highest BCUT2D eigenvalue weighted by molar-refractivity contribution is 7.98. The summed E-state index contributed by atoms with van der Waals surface area (Å²) in [6, 6.07) is 0.439. The van der Waals surface area contributed by atoms with E-state index in [0.717, 1.165) is 31.3 Å². The summed E-state index contributed by atoms with van der Waals surface area (Å²) >= 11 is 1.80. The molecule has 0 bridgehead atoms. The molecule has 3 unspecified atom stereocenters. The van der Waals surface area contributed by atoms with Crippen molar-refractivity contribution in [3.63, 3.8) is 0 Å². The minimum Gasteiger partial charge on any atom is -0.377 e. The number of fused-ring (bicyclic) bond motifs is 2. The normalized spacial score (nSPS) is 30.3. The van der Waals surface area contributed by atoms with E-state index in [0.29, 0.717) is 23.5 Å². The van der Waals surface area contributed by atoms with Gasteiger partial charge in [-0.2, -0.15) is 11.8 Å². The number of amides is 1. The molecule has 2 N–H and O–H groups in total. The predicted octanol–water partition coefficient (Wildman–Crippen LogP) is 0.930. The molecule has 0 aromatic heterocycles. The number of nitrogens with zero attached hydrogens (tertiary/aromatic N) is 2. The van der Waals surface area contributed by atoms with E-state index >= 15 is 0 Å². The van der Waals surface area contributed by atoms with Gasteiger partial charge in [0.15, 0.2) is 5.96 Å². The number of carbonyl (C=O) groups is 1. The first kappa shape index (κ1) is 17.9. The molecule has 1 saturated heterocycles. The number of aliphatic imine (C=N–C) groups is 1. The Balaban J connectivity index is 1.64. The van der Waals surface area contributed by atoms with Crippen molar-refractivity contribution >= 4 is 23.6 Å². The van der Waals surface area contributed by atoms with Gasteiger partial charge < -0.3 is 20.3 Å². The van der Waals surface area contributed by atoms with Crippen LogP contribution in [0.4, 0.5) is 0 Å². The Hall–Kier alpha value is -0.950. The first-order valence-corrected chi connectivity index (χ1v) is 10.3. The quantitative estimate of drug-likeness (QED) is 0.422. The lowest BCUT2D eigenvalue weighted by atomic mass is 9.46. The van der Waals surface area contributed by atoms with Crippen LogP contribution in [0.15, 0.2) is 4.99 Å². The van der Waals surface area contributed by atoms with Gasteiger partial charge in [-0.1, -0.05) is 6.42 Å². The molecule has 0 aromatic carbocycles. The van der Waals surface area contributed by atoms with Crippen LogP contribution in [-0.2, 0) is 9.53 Å². The molecule has 3 aliphatic rings. The Labute approximate surface area is 149 Å². The van der Waals surface area contributed by atoms with Crippen LogP contribution in [0, 0.1) is 11.3 Å². The Morgan fingerprint density at radius 2 is 2.21 bits per heavy atom. The average molecular weight is 355 g/mol. The van der Waals surface area contributed by atoms with Gasteiger partial charge in [0.05, 0.1) is 6.10 Å². The highest BCUT2D eigenvalue weighted by Crippen LogP contribution is 2.62. The van der Waals surface area contributed by atoms with Crippen molar-refractivity contribution in [3.05, 3.63) is 0 Å². The van der Waals surface area contributed by atoms with Crippen LogP contribution >= 0.6 is 11.8 Å². The largest absolute Gasteiger partial charge is 0.377 e. The number of hydrogen-bond donors (Lipinski definition) is 2. The molecule has 24 heavy (non-hydrogen) atoms. The number of rotatable bonds is 6. The summed E-state index contributed by atoms with van der Waals surface area (Å²) in [6.45, 7) is 1.93. The summed E-state index contributed by atoms with van der Waals surface area (Å²) in [6.07, 6.45) is 7.48. The van der Waals surface area contributed by atoms with Crippen LogP contribution in [0.25, 0.3) is 0 Å². The van der Waals surface area contributed by atoms with Gasteiger partial charge in [-0.15, -0.1) is 0 Å². The maximum Gasteiger partial charge on any atom is 0.243 e.